The fraction of sp³-hybridized carbons (Fsp3) is 0.750. The van der Waals surface area contributed by atoms with Crippen LogP contribution in [0.1, 0.15) is 25.7 Å². The van der Waals surface area contributed by atoms with Crippen molar-refractivity contribution in [3.8, 4) is 36.1 Å². The minimum absolute atomic E-state index is 0.0237. The lowest BCUT2D eigenvalue weighted by atomic mass is 9.82. The SMILES string of the molecule is O=C(OCC(O)COc1nc(OCC2CO2)nc(OCC2CO2)n1)C1CCC(C(=O)OCC(O)COc2nc(OCC3CO3)nc(OCC3CO3)n2)CC1. The van der Waals surface area contributed by atoms with E-state index in [1.807, 2.05) is 0 Å². The molecule has 0 spiro atoms. The van der Waals surface area contributed by atoms with Crippen LogP contribution in [-0.2, 0) is 38.0 Å². The summed E-state index contributed by atoms with van der Waals surface area (Å²) in [7, 11) is 0. The van der Waals surface area contributed by atoms with E-state index in [-0.39, 0.29) is 113 Å². The zero-order valence-corrected chi connectivity index (χ0v) is 29.2. The minimum atomic E-state index is -1.18. The molecule has 1 aliphatic carbocycles. The number of ether oxygens (including phenoxy) is 12. The molecular weight excluding hydrogens is 724 g/mol. The van der Waals surface area contributed by atoms with Crippen LogP contribution in [0.15, 0.2) is 0 Å². The van der Waals surface area contributed by atoms with E-state index in [9.17, 15) is 19.8 Å². The first-order valence-electron chi connectivity index (χ1n) is 17.8. The van der Waals surface area contributed by atoms with E-state index in [1.165, 1.54) is 0 Å². The summed E-state index contributed by atoms with van der Waals surface area (Å²) in [6.45, 7) is 2.16. The molecule has 2 aromatic heterocycles. The van der Waals surface area contributed by atoms with Crippen molar-refractivity contribution in [2.45, 2.75) is 62.3 Å². The van der Waals surface area contributed by atoms with Gasteiger partial charge in [-0.3, -0.25) is 9.59 Å². The van der Waals surface area contributed by atoms with E-state index >= 15 is 0 Å². The van der Waals surface area contributed by atoms with E-state index in [0.29, 0.717) is 52.1 Å². The number of epoxide rings is 4. The largest absolute Gasteiger partial charge is 0.463 e. The Morgan fingerprint density at radius 2 is 0.741 bits per heavy atom. The van der Waals surface area contributed by atoms with Crippen molar-refractivity contribution in [3.05, 3.63) is 0 Å². The number of nitrogens with zero attached hydrogens (tertiary/aromatic N) is 6. The van der Waals surface area contributed by atoms with Gasteiger partial charge in [0, 0.05) is 0 Å². The van der Waals surface area contributed by atoms with Crippen molar-refractivity contribution in [3.63, 3.8) is 0 Å². The summed E-state index contributed by atoms with van der Waals surface area (Å²) in [5, 5.41) is 20.8. The Morgan fingerprint density at radius 1 is 0.481 bits per heavy atom. The Kier molecular flexibility index (Phi) is 12.8. The Labute approximate surface area is 308 Å². The van der Waals surface area contributed by atoms with E-state index in [2.05, 4.69) is 29.9 Å². The lowest BCUT2D eigenvalue weighted by Crippen LogP contribution is -2.32. The number of hydrogen-bond acceptors (Lipinski definition) is 22. The minimum Gasteiger partial charge on any atom is -0.463 e. The Hall–Kier alpha value is -4.48. The Morgan fingerprint density at radius 3 is 1.00 bits per heavy atom. The molecule has 6 unspecified atom stereocenters. The molecule has 5 aliphatic rings. The van der Waals surface area contributed by atoms with Crippen molar-refractivity contribution in [1.82, 2.24) is 29.9 Å². The topological polar surface area (TPSA) is 276 Å². The molecule has 2 aromatic rings. The highest BCUT2D eigenvalue weighted by molar-refractivity contribution is 5.75. The highest BCUT2D eigenvalue weighted by Crippen LogP contribution is 2.31. The van der Waals surface area contributed by atoms with Gasteiger partial charge in [0.25, 0.3) is 0 Å². The third-order valence-corrected chi connectivity index (χ3v) is 8.39. The molecular formula is C32H42N6O16. The third-order valence-electron chi connectivity index (χ3n) is 8.39. The molecule has 7 rings (SSSR count). The monoisotopic (exact) mass is 766 g/mol. The molecule has 1 saturated carbocycles. The average Bonchev–Trinajstić information content (AvgIpc) is 3.99. The predicted octanol–water partition coefficient (Wildman–Crippen LogP) is -1.76. The quantitative estimate of drug-likeness (QED) is 0.0884. The summed E-state index contributed by atoms with van der Waals surface area (Å²) < 4.78 is 64.2. The smallest absolute Gasteiger partial charge is 0.325 e. The van der Waals surface area contributed by atoms with Crippen molar-refractivity contribution < 1.29 is 76.6 Å². The summed E-state index contributed by atoms with van der Waals surface area (Å²) in [5.41, 5.74) is 0. The van der Waals surface area contributed by atoms with E-state index in [0.717, 1.165) is 0 Å². The molecule has 22 nitrogen and oxygen atoms in total. The van der Waals surface area contributed by atoms with Crippen LogP contribution in [0.4, 0.5) is 0 Å². The lowest BCUT2D eigenvalue weighted by Gasteiger charge is -2.26. The van der Waals surface area contributed by atoms with Gasteiger partial charge in [-0.25, -0.2) is 0 Å². The summed E-state index contributed by atoms with van der Waals surface area (Å²) in [5.74, 6) is -1.89. The second-order valence-corrected chi connectivity index (χ2v) is 13.2. The number of rotatable bonds is 24. The molecule has 0 amide bonds. The van der Waals surface area contributed by atoms with Gasteiger partial charge in [0.1, 0.15) is 89.5 Å². The van der Waals surface area contributed by atoms with Crippen molar-refractivity contribution in [2.75, 3.05) is 79.3 Å². The van der Waals surface area contributed by atoms with Gasteiger partial charge in [0.05, 0.1) is 38.3 Å². The number of carbonyl (C=O) groups excluding carboxylic acids is 2. The number of aromatic nitrogens is 6. The molecule has 5 fully saturated rings. The van der Waals surface area contributed by atoms with Crippen LogP contribution in [0.2, 0.25) is 0 Å². The van der Waals surface area contributed by atoms with E-state index in [4.69, 9.17) is 56.8 Å². The summed E-state index contributed by atoms with van der Waals surface area (Å²) >= 11 is 0. The van der Waals surface area contributed by atoms with Crippen LogP contribution in [0.3, 0.4) is 0 Å². The molecule has 6 atom stereocenters. The van der Waals surface area contributed by atoms with Gasteiger partial charge in [-0.05, 0) is 25.7 Å². The summed E-state index contributed by atoms with van der Waals surface area (Å²) in [6.07, 6.45) is -0.906. The van der Waals surface area contributed by atoms with Gasteiger partial charge in [-0.15, -0.1) is 29.9 Å². The fourth-order valence-corrected chi connectivity index (χ4v) is 4.95. The van der Waals surface area contributed by atoms with Gasteiger partial charge in [0.2, 0.25) is 0 Å². The number of aliphatic hydroxyl groups is 2. The molecule has 22 heteroatoms. The highest BCUT2D eigenvalue weighted by Gasteiger charge is 2.33. The Balaban J connectivity index is 0.776. The van der Waals surface area contributed by atoms with Crippen LogP contribution >= 0.6 is 0 Å². The van der Waals surface area contributed by atoms with Gasteiger partial charge >= 0.3 is 48.0 Å². The van der Waals surface area contributed by atoms with Crippen molar-refractivity contribution in [1.29, 1.82) is 0 Å². The highest BCUT2D eigenvalue weighted by atomic mass is 16.6. The average molecular weight is 767 g/mol. The van der Waals surface area contributed by atoms with Crippen LogP contribution in [0.5, 0.6) is 36.1 Å². The molecule has 2 N–H and O–H groups in total. The van der Waals surface area contributed by atoms with Crippen molar-refractivity contribution in [2.24, 2.45) is 11.8 Å². The molecule has 0 radical (unpaired) electrons. The third kappa shape index (κ3) is 12.8. The number of aliphatic hydroxyl groups excluding tert-OH is 2. The van der Waals surface area contributed by atoms with Crippen LogP contribution in [-0.4, -0.2) is 168 Å². The first-order chi connectivity index (χ1) is 26.3. The molecule has 4 aliphatic heterocycles. The van der Waals surface area contributed by atoms with E-state index < -0.39 is 36.0 Å². The van der Waals surface area contributed by atoms with Gasteiger partial charge in [-0.1, -0.05) is 0 Å². The second kappa shape index (κ2) is 18.2. The first-order valence-corrected chi connectivity index (χ1v) is 17.8. The van der Waals surface area contributed by atoms with Gasteiger partial charge < -0.3 is 67.1 Å². The zero-order valence-electron chi connectivity index (χ0n) is 29.2. The molecule has 4 saturated heterocycles. The molecule has 0 aromatic carbocycles. The molecule has 54 heavy (non-hydrogen) atoms. The van der Waals surface area contributed by atoms with Crippen molar-refractivity contribution >= 4 is 11.9 Å². The number of esters is 2. The lowest BCUT2D eigenvalue weighted by molar-refractivity contribution is -0.158. The fourth-order valence-electron chi connectivity index (χ4n) is 4.95. The maximum atomic E-state index is 12.7. The van der Waals surface area contributed by atoms with Crippen LogP contribution in [0, 0.1) is 11.8 Å². The normalized spacial score (nSPS) is 26.0. The van der Waals surface area contributed by atoms with E-state index in [1.54, 1.807) is 0 Å². The second-order valence-electron chi connectivity index (χ2n) is 13.2. The maximum Gasteiger partial charge on any atom is 0.325 e. The van der Waals surface area contributed by atoms with Gasteiger partial charge in [-0.2, -0.15) is 0 Å². The summed E-state index contributed by atoms with van der Waals surface area (Å²) in [4.78, 5) is 50.0. The predicted molar refractivity (Wildman–Crippen MR) is 171 cm³/mol. The first kappa shape index (κ1) is 37.8. The Bertz CT molecular complexity index is 1370. The standard InChI is InChI=1S/C32H42N6O16/c39-19(7-49-27-33-29(51-13-21-9-43-21)37-30(34-27)52-14-22-10-44-22)5-47-25(41)17-1-2-18(4-3-17)26(42)48-6-20(40)8-50-28-35-31(53-15-23-11-45-23)38-32(36-28)54-16-24-12-46-24/h17-24,39-40H,1-16H2. The zero-order chi connectivity index (χ0) is 37.3. The number of carbonyl (C=O) groups is 2. The molecule has 6 heterocycles. The van der Waals surface area contributed by atoms with Crippen LogP contribution < -0.4 is 28.4 Å². The molecule has 0 bridgehead atoms. The molecule has 296 valence electrons. The van der Waals surface area contributed by atoms with Crippen LogP contribution in [0.25, 0.3) is 0 Å². The van der Waals surface area contributed by atoms with Gasteiger partial charge in [0.15, 0.2) is 0 Å². The maximum absolute atomic E-state index is 12.7. The number of hydrogen-bond donors (Lipinski definition) is 2. The summed E-state index contributed by atoms with van der Waals surface area (Å²) in [6, 6.07) is -0.372.